The zero-order valence-corrected chi connectivity index (χ0v) is 12.6. The van der Waals surface area contributed by atoms with Gasteiger partial charge >= 0.3 is 0 Å². The smallest absolute Gasteiger partial charge is 0.174 e. The van der Waals surface area contributed by atoms with Crippen LogP contribution in [0.5, 0.6) is 0 Å². The summed E-state index contributed by atoms with van der Waals surface area (Å²) in [6.07, 6.45) is -0.554. The zero-order valence-electron chi connectivity index (χ0n) is 11.8. The van der Waals surface area contributed by atoms with Crippen LogP contribution in [-0.4, -0.2) is 0 Å². The van der Waals surface area contributed by atoms with Gasteiger partial charge in [0, 0.05) is 5.02 Å². The molecule has 0 amide bonds. The summed E-state index contributed by atoms with van der Waals surface area (Å²) in [6.45, 7) is 6.42. The van der Waals surface area contributed by atoms with Gasteiger partial charge in [0.2, 0.25) is 0 Å². The van der Waals surface area contributed by atoms with Crippen molar-refractivity contribution in [1.29, 1.82) is 0 Å². The Kier molecular flexibility index (Phi) is 4.14. The number of hydrogen-bond acceptors (Lipinski definition) is 0. The molecule has 0 radical (unpaired) electrons. The lowest BCUT2D eigenvalue weighted by Crippen LogP contribution is -2.10. The van der Waals surface area contributed by atoms with Gasteiger partial charge in [-0.3, -0.25) is 0 Å². The Labute approximate surface area is 123 Å². The molecule has 106 valence electrons. The van der Waals surface area contributed by atoms with Gasteiger partial charge in [-0.25, -0.2) is 0 Å². The molecule has 0 aromatic heterocycles. The lowest BCUT2D eigenvalue weighted by Gasteiger charge is -2.20. The van der Waals surface area contributed by atoms with Crippen LogP contribution in [0.4, 0.5) is 8.78 Å². The Bertz CT molecular complexity index is 662. The van der Waals surface area contributed by atoms with Crippen molar-refractivity contribution in [2.24, 2.45) is 0 Å². The van der Waals surface area contributed by atoms with Crippen LogP contribution in [0.1, 0.15) is 31.9 Å². The molecular weight excluding hydrogens is 278 g/mol. The molecule has 0 spiro atoms. The Balaban J connectivity index is 2.58. The average molecular weight is 295 g/mol. The first-order valence-corrected chi connectivity index (χ1v) is 6.89. The fourth-order valence-electron chi connectivity index (χ4n) is 2.23. The van der Waals surface area contributed by atoms with Crippen LogP contribution >= 0.6 is 11.6 Å². The van der Waals surface area contributed by atoms with E-state index in [0.717, 1.165) is 22.4 Å². The summed E-state index contributed by atoms with van der Waals surface area (Å²) >= 11 is 6.10. The predicted octanol–water partition coefficient (Wildman–Crippen LogP) is 6.11. The van der Waals surface area contributed by atoms with E-state index in [4.69, 9.17) is 11.6 Å². The van der Waals surface area contributed by atoms with Gasteiger partial charge in [-0.1, -0.05) is 50.6 Å². The second kappa shape index (κ2) is 5.53. The highest BCUT2D eigenvalue weighted by Crippen LogP contribution is 2.30. The summed E-state index contributed by atoms with van der Waals surface area (Å²) in [7, 11) is 0. The summed E-state index contributed by atoms with van der Waals surface area (Å²) < 4.78 is 24.5. The highest BCUT2D eigenvalue weighted by Gasteiger charge is 2.14. The quantitative estimate of drug-likeness (QED) is 0.626. The van der Waals surface area contributed by atoms with Gasteiger partial charge < -0.3 is 0 Å². The van der Waals surface area contributed by atoms with Gasteiger partial charge in [0.05, 0.1) is 0 Å². The van der Waals surface area contributed by atoms with Crippen molar-refractivity contribution in [3.63, 3.8) is 0 Å². The third-order valence-electron chi connectivity index (χ3n) is 3.35. The van der Waals surface area contributed by atoms with Gasteiger partial charge in [0.15, 0.2) is 0 Å². The van der Waals surface area contributed by atoms with E-state index in [-0.39, 0.29) is 11.8 Å². The molecule has 2 aromatic carbocycles. The molecule has 0 atom stereocenters. The van der Waals surface area contributed by atoms with Crippen LogP contribution in [-0.2, 0) is 11.8 Å². The summed E-state index contributed by atoms with van der Waals surface area (Å²) in [5.41, 5.74) is 2.06. The Morgan fingerprint density at radius 1 is 1.15 bits per heavy atom. The minimum Gasteiger partial charge on any atom is -0.174 e. The van der Waals surface area contributed by atoms with Crippen LogP contribution in [0.2, 0.25) is 5.02 Å². The molecule has 2 rings (SSSR count). The molecule has 0 unspecified atom stereocenters. The standard InChI is InChI=1S/C17H17ClF2/c1-17(2,3)13-5-6-15-11(4-7-16(19)20)9-14(18)10-12(15)8-13/h5-10H,4H2,1-3H3. The van der Waals surface area contributed by atoms with Gasteiger partial charge in [0.1, 0.15) is 0 Å². The molecule has 0 N–H and O–H groups in total. The molecule has 0 aliphatic rings. The summed E-state index contributed by atoms with van der Waals surface area (Å²) in [5.74, 6) is 0. The highest BCUT2D eigenvalue weighted by atomic mass is 35.5. The normalized spacial score (nSPS) is 11.7. The van der Waals surface area contributed by atoms with Crippen LogP contribution in [0.25, 0.3) is 10.8 Å². The van der Waals surface area contributed by atoms with E-state index >= 15 is 0 Å². The summed E-state index contributed by atoms with van der Waals surface area (Å²) in [4.78, 5) is 0. The van der Waals surface area contributed by atoms with Crippen LogP contribution < -0.4 is 0 Å². The van der Waals surface area contributed by atoms with Crippen molar-refractivity contribution >= 4 is 22.4 Å². The van der Waals surface area contributed by atoms with Crippen LogP contribution in [0.15, 0.2) is 42.5 Å². The maximum Gasteiger partial charge on any atom is 0.266 e. The molecule has 0 saturated carbocycles. The summed E-state index contributed by atoms with van der Waals surface area (Å²) in [5, 5.41) is 2.54. The van der Waals surface area contributed by atoms with Gasteiger partial charge in [-0.15, -0.1) is 0 Å². The molecule has 20 heavy (non-hydrogen) atoms. The molecule has 3 heteroatoms. The first kappa shape index (κ1) is 15.0. The lowest BCUT2D eigenvalue weighted by atomic mass is 9.85. The SMILES string of the molecule is CC(C)(C)c1ccc2c(CC=C(F)F)cc(Cl)cc2c1. The third kappa shape index (κ3) is 3.37. The molecule has 0 saturated heterocycles. The van der Waals surface area contributed by atoms with E-state index in [2.05, 4.69) is 32.9 Å². The average Bonchev–Trinajstić information content (AvgIpc) is 2.33. The molecule has 0 bridgehead atoms. The molecule has 0 fully saturated rings. The zero-order chi connectivity index (χ0) is 14.9. The van der Waals surface area contributed by atoms with Crippen molar-refractivity contribution in [1.82, 2.24) is 0 Å². The van der Waals surface area contributed by atoms with E-state index in [1.807, 2.05) is 12.1 Å². The van der Waals surface area contributed by atoms with E-state index < -0.39 is 6.08 Å². The summed E-state index contributed by atoms with van der Waals surface area (Å²) in [6, 6.07) is 9.76. The number of hydrogen-bond donors (Lipinski definition) is 0. The minimum atomic E-state index is -1.66. The second-order valence-corrected chi connectivity index (χ2v) is 6.39. The number of halogens is 3. The predicted molar refractivity (Wildman–Crippen MR) is 81.7 cm³/mol. The number of rotatable bonds is 2. The first-order valence-electron chi connectivity index (χ1n) is 6.51. The minimum absolute atomic E-state index is 0.0433. The second-order valence-electron chi connectivity index (χ2n) is 5.95. The molecular formula is C17H17ClF2. The van der Waals surface area contributed by atoms with E-state index in [0.29, 0.717) is 5.02 Å². The monoisotopic (exact) mass is 294 g/mol. The molecule has 2 aromatic rings. The number of benzene rings is 2. The van der Waals surface area contributed by atoms with Gasteiger partial charge in [-0.2, -0.15) is 8.78 Å². The number of allylic oxidation sites excluding steroid dienone is 1. The van der Waals surface area contributed by atoms with Crippen molar-refractivity contribution < 1.29 is 8.78 Å². The largest absolute Gasteiger partial charge is 0.266 e. The molecule has 0 aliphatic heterocycles. The van der Waals surface area contributed by atoms with E-state index in [1.54, 1.807) is 6.07 Å². The highest BCUT2D eigenvalue weighted by molar-refractivity contribution is 6.31. The fourth-order valence-corrected chi connectivity index (χ4v) is 2.48. The topological polar surface area (TPSA) is 0 Å². The van der Waals surface area contributed by atoms with Crippen molar-refractivity contribution in [2.45, 2.75) is 32.6 Å². The Morgan fingerprint density at radius 2 is 1.85 bits per heavy atom. The maximum atomic E-state index is 12.3. The van der Waals surface area contributed by atoms with Gasteiger partial charge in [0.25, 0.3) is 6.08 Å². The molecule has 0 aliphatic carbocycles. The Morgan fingerprint density at radius 3 is 2.45 bits per heavy atom. The third-order valence-corrected chi connectivity index (χ3v) is 3.56. The van der Waals surface area contributed by atoms with Crippen molar-refractivity contribution in [3.05, 3.63) is 58.6 Å². The van der Waals surface area contributed by atoms with Crippen molar-refractivity contribution in [3.8, 4) is 0 Å². The molecule has 0 heterocycles. The van der Waals surface area contributed by atoms with Crippen molar-refractivity contribution in [2.75, 3.05) is 0 Å². The van der Waals surface area contributed by atoms with Crippen LogP contribution in [0, 0.1) is 0 Å². The fraction of sp³-hybridized carbons (Fsp3) is 0.294. The van der Waals surface area contributed by atoms with Crippen LogP contribution in [0.3, 0.4) is 0 Å². The Hall–Kier alpha value is -1.41. The van der Waals surface area contributed by atoms with E-state index in [9.17, 15) is 8.78 Å². The van der Waals surface area contributed by atoms with Gasteiger partial charge in [-0.05, 0) is 51.9 Å². The first-order chi connectivity index (χ1) is 9.27. The molecule has 0 nitrogen and oxygen atoms in total. The maximum absolute atomic E-state index is 12.3. The number of fused-ring (bicyclic) bond motifs is 1. The lowest BCUT2D eigenvalue weighted by molar-refractivity contribution is 0.418. The van der Waals surface area contributed by atoms with E-state index in [1.165, 1.54) is 5.56 Å².